The van der Waals surface area contributed by atoms with Crippen molar-refractivity contribution in [2.45, 2.75) is 46.6 Å². The summed E-state index contributed by atoms with van der Waals surface area (Å²) < 4.78 is 11.6. The molecule has 0 saturated carbocycles. The van der Waals surface area contributed by atoms with Gasteiger partial charge in [0.15, 0.2) is 5.69 Å². The van der Waals surface area contributed by atoms with E-state index in [2.05, 4.69) is 4.98 Å². The first-order valence-electron chi connectivity index (χ1n) is 10.9. The maximum Gasteiger partial charge on any atom is 0.330 e. The third kappa shape index (κ3) is 7.04. The molecule has 1 aromatic carbocycles. The molecule has 180 valence electrons. The smallest absolute Gasteiger partial charge is 0.330 e. The Kier molecular flexibility index (Phi) is 9.41. The van der Waals surface area contributed by atoms with Gasteiger partial charge in [-0.2, -0.15) is 0 Å². The maximum atomic E-state index is 13.0. The molecule has 1 aromatic heterocycles. The zero-order valence-corrected chi connectivity index (χ0v) is 19.6. The Balaban J connectivity index is 2.20. The monoisotopic (exact) mass is 460 g/mol. The summed E-state index contributed by atoms with van der Waals surface area (Å²) in [7, 11) is 1.46. The number of nitrogens with zero attached hydrogens (tertiary/aromatic N) is 2. The number of H-pyrrole nitrogens is 1. The Hall–Kier alpha value is -3.40. The van der Waals surface area contributed by atoms with Crippen LogP contribution in [0.5, 0.6) is 5.75 Å². The molecule has 0 aliphatic carbocycles. The summed E-state index contributed by atoms with van der Waals surface area (Å²) in [6, 6.07) is 7.12. The fourth-order valence-electron chi connectivity index (χ4n) is 3.25. The van der Waals surface area contributed by atoms with Crippen molar-refractivity contribution in [1.29, 1.82) is 0 Å². The Labute approximate surface area is 192 Å². The second-order valence-corrected chi connectivity index (χ2v) is 8.01. The SMILES string of the molecule is CCc1ccc(OC(=O)CCC(=O)N(CCOC)c2c(N)n(CC(C)C)c(=O)[nH]c2=O)cc1. The largest absolute Gasteiger partial charge is 0.427 e. The number of methoxy groups -OCH3 is 1. The van der Waals surface area contributed by atoms with Gasteiger partial charge in [0.1, 0.15) is 11.6 Å². The topological polar surface area (TPSA) is 137 Å². The van der Waals surface area contributed by atoms with Gasteiger partial charge in [-0.3, -0.25) is 23.9 Å². The molecule has 33 heavy (non-hydrogen) atoms. The minimum absolute atomic E-state index is 0.0238. The van der Waals surface area contributed by atoms with Crippen molar-refractivity contribution in [2.24, 2.45) is 5.92 Å². The van der Waals surface area contributed by atoms with E-state index in [9.17, 15) is 19.2 Å². The summed E-state index contributed by atoms with van der Waals surface area (Å²) >= 11 is 0. The van der Waals surface area contributed by atoms with Gasteiger partial charge in [0.2, 0.25) is 5.91 Å². The third-order valence-electron chi connectivity index (χ3n) is 4.96. The number of ether oxygens (including phenoxy) is 2. The van der Waals surface area contributed by atoms with Crippen LogP contribution in [0.4, 0.5) is 11.5 Å². The molecular weight excluding hydrogens is 428 g/mol. The first-order chi connectivity index (χ1) is 15.7. The van der Waals surface area contributed by atoms with E-state index >= 15 is 0 Å². The van der Waals surface area contributed by atoms with E-state index in [0.717, 1.165) is 16.9 Å². The average molecular weight is 461 g/mol. The van der Waals surface area contributed by atoms with Gasteiger partial charge in [-0.15, -0.1) is 0 Å². The van der Waals surface area contributed by atoms with Crippen LogP contribution in [-0.4, -0.2) is 41.7 Å². The van der Waals surface area contributed by atoms with Gasteiger partial charge in [-0.05, 0) is 30.0 Å². The fraction of sp³-hybridized carbons (Fsp3) is 0.478. The van der Waals surface area contributed by atoms with Crippen LogP contribution in [0.2, 0.25) is 0 Å². The van der Waals surface area contributed by atoms with Gasteiger partial charge >= 0.3 is 11.7 Å². The number of aromatic amines is 1. The number of nitrogens with one attached hydrogen (secondary N) is 1. The summed E-state index contributed by atoms with van der Waals surface area (Å²) in [6.07, 6.45) is 0.464. The number of benzene rings is 1. The number of esters is 1. The average Bonchev–Trinajstić information content (AvgIpc) is 2.77. The van der Waals surface area contributed by atoms with Gasteiger partial charge in [-0.25, -0.2) is 4.79 Å². The molecule has 3 N–H and O–H groups in total. The number of anilines is 2. The van der Waals surface area contributed by atoms with Gasteiger partial charge in [0, 0.05) is 26.6 Å². The second kappa shape index (κ2) is 12.0. The zero-order chi connectivity index (χ0) is 24.5. The maximum absolute atomic E-state index is 13.0. The highest BCUT2D eigenvalue weighted by molar-refractivity contribution is 5.97. The van der Waals surface area contributed by atoms with Crippen molar-refractivity contribution < 1.29 is 19.1 Å². The molecule has 2 rings (SSSR count). The molecule has 1 heterocycles. The summed E-state index contributed by atoms with van der Waals surface area (Å²) in [5.74, 6) is -0.737. The van der Waals surface area contributed by atoms with E-state index in [-0.39, 0.29) is 50.0 Å². The lowest BCUT2D eigenvalue weighted by Crippen LogP contribution is -2.43. The molecule has 0 fully saturated rings. The van der Waals surface area contributed by atoms with Crippen LogP contribution in [0.1, 0.15) is 39.2 Å². The quantitative estimate of drug-likeness (QED) is 0.385. The normalized spacial score (nSPS) is 10.9. The molecule has 0 spiro atoms. The first-order valence-corrected chi connectivity index (χ1v) is 10.9. The van der Waals surface area contributed by atoms with Crippen LogP contribution in [0.15, 0.2) is 33.9 Å². The highest BCUT2D eigenvalue weighted by atomic mass is 16.5. The molecule has 0 radical (unpaired) electrons. The van der Waals surface area contributed by atoms with Crippen LogP contribution in [-0.2, 0) is 27.3 Å². The molecular formula is C23H32N4O6. The van der Waals surface area contributed by atoms with Gasteiger partial charge < -0.3 is 20.1 Å². The van der Waals surface area contributed by atoms with E-state index in [1.807, 2.05) is 32.9 Å². The predicted octanol–water partition coefficient (Wildman–Crippen LogP) is 1.70. The van der Waals surface area contributed by atoms with Crippen molar-refractivity contribution in [3.8, 4) is 5.75 Å². The van der Waals surface area contributed by atoms with Gasteiger partial charge in [-0.1, -0.05) is 32.9 Å². The molecule has 0 unspecified atom stereocenters. The molecule has 1 amide bonds. The number of rotatable bonds is 11. The molecule has 10 nitrogen and oxygen atoms in total. The molecule has 0 bridgehead atoms. The highest BCUT2D eigenvalue weighted by Crippen LogP contribution is 2.19. The Morgan fingerprint density at radius 3 is 2.39 bits per heavy atom. The summed E-state index contributed by atoms with van der Waals surface area (Å²) in [5.41, 5.74) is 5.69. The third-order valence-corrected chi connectivity index (χ3v) is 4.96. The number of nitrogen functional groups attached to an aromatic ring is 1. The van der Waals surface area contributed by atoms with E-state index in [1.54, 1.807) is 12.1 Å². The Morgan fingerprint density at radius 1 is 1.15 bits per heavy atom. The Bertz CT molecular complexity index is 1070. The van der Waals surface area contributed by atoms with E-state index in [1.165, 1.54) is 11.7 Å². The van der Waals surface area contributed by atoms with Crippen LogP contribution < -0.4 is 26.6 Å². The lowest BCUT2D eigenvalue weighted by Gasteiger charge is -2.24. The number of carbonyl (C=O) groups excluding carboxylic acids is 2. The number of carbonyl (C=O) groups is 2. The number of aromatic nitrogens is 2. The highest BCUT2D eigenvalue weighted by Gasteiger charge is 2.25. The molecule has 2 aromatic rings. The summed E-state index contributed by atoms with van der Waals surface area (Å²) in [4.78, 5) is 53.4. The van der Waals surface area contributed by atoms with Crippen molar-refractivity contribution in [3.63, 3.8) is 0 Å². The van der Waals surface area contributed by atoms with Gasteiger partial charge in [0.05, 0.1) is 13.0 Å². The van der Waals surface area contributed by atoms with E-state index in [0.29, 0.717) is 5.75 Å². The van der Waals surface area contributed by atoms with Crippen LogP contribution in [0.3, 0.4) is 0 Å². The first kappa shape index (κ1) is 25.9. The van der Waals surface area contributed by atoms with Crippen LogP contribution in [0, 0.1) is 5.92 Å². The summed E-state index contributed by atoms with van der Waals surface area (Å²) in [5, 5.41) is 0. The van der Waals surface area contributed by atoms with Crippen molar-refractivity contribution >= 4 is 23.4 Å². The molecule has 0 aliphatic rings. The summed E-state index contributed by atoms with van der Waals surface area (Å²) in [6.45, 7) is 6.23. The molecule has 10 heteroatoms. The van der Waals surface area contributed by atoms with Crippen molar-refractivity contribution in [3.05, 3.63) is 50.7 Å². The minimum atomic E-state index is -0.777. The Morgan fingerprint density at radius 2 is 1.82 bits per heavy atom. The predicted molar refractivity (Wildman–Crippen MR) is 125 cm³/mol. The number of hydrogen-bond donors (Lipinski definition) is 2. The van der Waals surface area contributed by atoms with Crippen molar-refractivity contribution in [2.75, 3.05) is 30.9 Å². The number of hydrogen-bond acceptors (Lipinski definition) is 7. The molecule has 0 aliphatic heterocycles. The molecule has 0 saturated heterocycles. The van der Waals surface area contributed by atoms with Gasteiger partial charge in [0.25, 0.3) is 5.56 Å². The molecule has 0 atom stereocenters. The zero-order valence-electron chi connectivity index (χ0n) is 19.6. The number of nitrogens with two attached hydrogens (primary N) is 1. The van der Waals surface area contributed by atoms with Crippen LogP contribution in [0.25, 0.3) is 0 Å². The van der Waals surface area contributed by atoms with Crippen molar-refractivity contribution in [1.82, 2.24) is 9.55 Å². The lowest BCUT2D eigenvalue weighted by atomic mass is 10.2. The number of aryl methyl sites for hydroxylation is 1. The fourth-order valence-corrected chi connectivity index (χ4v) is 3.25. The van der Waals surface area contributed by atoms with E-state index in [4.69, 9.17) is 15.2 Å². The number of amides is 1. The standard InChI is InChI=1S/C23H32N4O6/c1-5-16-6-8-17(9-7-16)33-19(29)11-10-18(28)26(12-13-32-4)20-21(24)27(14-15(2)3)23(31)25-22(20)30/h6-9,15H,5,10-14,24H2,1-4H3,(H,25,30,31). The second-order valence-electron chi connectivity index (χ2n) is 8.01. The van der Waals surface area contributed by atoms with E-state index < -0.39 is 23.1 Å². The minimum Gasteiger partial charge on any atom is -0.427 e. The van der Waals surface area contributed by atoms with Crippen LogP contribution >= 0.6 is 0 Å². The lowest BCUT2D eigenvalue weighted by molar-refractivity contribution is -0.136.